The molecule has 3 amide bonds. The monoisotopic (exact) mass is 497 g/mol. The first-order chi connectivity index (χ1) is 17.6. The number of terminal acetylenes is 1. The third-order valence-electron chi connectivity index (χ3n) is 5.42. The molecule has 3 aromatic rings. The quantitative estimate of drug-likeness (QED) is 0.337. The van der Waals surface area contributed by atoms with Gasteiger partial charge in [0, 0.05) is 17.8 Å². The van der Waals surface area contributed by atoms with Gasteiger partial charge in [0.2, 0.25) is 5.91 Å². The Morgan fingerprint density at radius 3 is 2.41 bits per heavy atom. The Morgan fingerprint density at radius 1 is 1.05 bits per heavy atom. The number of carbonyl (C=O) groups excluding carboxylic acids is 3. The van der Waals surface area contributed by atoms with Crippen molar-refractivity contribution in [2.45, 2.75) is 32.4 Å². The summed E-state index contributed by atoms with van der Waals surface area (Å²) in [5.41, 5.74) is 0.811. The minimum atomic E-state index is -1.08. The van der Waals surface area contributed by atoms with Crippen LogP contribution in [0.4, 0.5) is 10.5 Å². The standard InChI is InChI=1S/C30H31N3O4/c1-6-18-33(26(34)20-31-29(36)37-30(3,4)5)27(25-15-11-10-12-21(25)7-2)28(35)32-24-17-16-22-13-8-9-14-23(22)19-24/h2,6,8-17,19,27H,1,18,20H2,3-5H3,(H,31,36)(H,32,35). The summed E-state index contributed by atoms with van der Waals surface area (Å²) in [5, 5.41) is 7.38. The molecular formula is C30H31N3O4. The second-order valence-corrected chi connectivity index (χ2v) is 9.38. The first kappa shape index (κ1) is 27.0. The molecule has 0 aliphatic carbocycles. The number of rotatable bonds is 8. The number of carbonyl (C=O) groups is 3. The summed E-state index contributed by atoms with van der Waals surface area (Å²) in [4.78, 5) is 40.5. The van der Waals surface area contributed by atoms with Gasteiger partial charge in [-0.15, -0.1) is 13.0 Å². The highest BCUT2D eigenvalue weighted by molar-refractivity contribution is 6.00. The lowest BCUT2D eigenvalue weighted by Crippen LogP contribution is -2.46. The number of amides is 3. The van der Waals surface area contributed by atoms with E-state index in [1.165, 1.54) is 11.0 Å². The first-order valence-electron chi connectivity index (χ1n) is 11.9. The molecule has 0 radical (unpaired) electrons. The van der Waals surface area contributed by atoms with Crippen molar-refractivity contribution in [3.05, 3.63) is 90.5 Å². The van der Waals surface area contributed by atoms with Crippen molar-refractivity contribution in [1.82, 2.24) is 10.2 Å². The predicted octanol–water partition coefficient (Wildman–Crippen LogP) is 5.04. The van der Waals surface area contributed by atoms with Crippen LogP contribution in [-0.4, -0.2) is 41.5 Å². The largest absolute Gasteiger partial charge is 0.444 e. The summed E-state index contributed by atoms with van der Waals surface area (Å²) in [6, 6.07) is 19.2. The lowest BCUT2D eigenvalue weighted by atomic mass is 9.98. The van der Waals surface area contributed by atoms with Crippen LogP contribution >= 0.6 is 0 Å². The van der Waals surface area contributed by atoms with Gasteiger partial charge in [0.15, 0.2) is 0 Å². The van der Waals surface area contributed by atoms with E-state index in [9.17, 15) is 14.4 Å². The normalized spacial score (nSPS) is 11.6. The second-order valence-electron chi connectivity index (χ2n) is 9.38. The lowest BCUT2D eigenvalue weighted by molar-refractivity contribution is -0.137. The van der Waals surface area contributed by atoms with Crippen molar-refractivity contribution in [2.24, 2.45) is 0 Å². The Balaban J connectivity index is 1.94. The number of fused-ring (bicyclic) bond motifs is 1. The summed E-state index contributed by atoms with van der Waals surface area (Å²) in [5.74, 6) is 1.64. The first-order valence-corrected chi connectivity index (χ1v) is 11.9. The fourth-order valence-electron chi connectivity index (χ4n) is 3.85. The summed E-state index contributed by atoms with van der Waals surface area (Å²) in [7, 11) is 0. The van der Waals surface area contributed by atoms with Crippen LogP contribution in [0.15, 0.2) is 79.4 Å². The third-order valence-corrected chi connectivity index (χ3v) is 5.42. The second kappa shape index (κ2) is 11.9. The van der Waals surface area contributed by atoms with Gasteiger partial charge < -0.3 is 20.3 Å². The van der Waals surface area contributed by atoms with Crippen LogP contribution in [0.3, 0.4) is 0 Å². The van der Waals surface area contributed by atoms with Gasteiger partial charge in [0.05, 0.1) is 0 Å². The molecule has 0 spiro atoms. The zero-order valence-corrected chi connectivity index (χ0v) is 21.3. The van der Waals surface area contributed by atoms with E-state index in [2.05, 4.69) is 23.1 Å². The van der Waals surface area contributed by atoms with E-state index >= 15 is 0 Å². The number of anilines is 1. The van der Waals surface area contributed by atoms with Gasteiger partial charge >= 0.3 is 6.09 Å². The SMILES string of the molecule is C#Cc1ccccc1C(C(=O)Nc1ccc2ccccc2c1)N(CC=C)C(=O)CNC(=O)OC(C)(C)C. The average Bonchev–Trinajstić information content (AvgIpc) is 2.86. The molecule has 2 N–H and O–H groups in total. The van der Waals surface area contributed by atoms with Crippen LogP contribution in [0.1, 0.15) is 37.9 Å². The summed E-state index contributed by atoms with van der Waals surface area (Å²) in [6.07, 6.45) is 6.51. The fraction of sp³-hybridized carbons (Fsp3) is 0.233. The van der Waals surface area contributed by atoms with E-state index in [4.69, 9.17) is 11.2 Å². The molecule has 0 aromatic heterocycles. The molecule has 0 aliphatic rings. The number of nitrogens with zero attached hydrogens (tertiary/aromatic N) is 1. The lowest BCUT2D eigenvalue weighted by Gasteiger charge is -2.31. The minimum absolute atomic E-state index is 0.0452. The van der Waals surface area contributed by atoms with Gasteiger partial charge in [-0.1, -0.05) is 60.5 Å². The molecule has 0 saturated carbocycles. The Bertz CT molecular complexity index is 1350. The average molecular weight is 498 g/mol. The highest BCUT2D eigenvalue weighted by atomic mass is 16.6. The molecule has 3 aromatic carbocycles. The summed E-state index contributed by atoms with van der Waals surface area (Å²) < 4.78 is 5.22. The third kappa shape index (κ3) is 7.21. The van der Waals surface area contributed by atoms with Crippen molar-refractivity contribution < 1.29 is 19.1 Å². The van der Waals surface area contributed by atoms with E-state index in [1.807, 2.05) is 36.4 Å². The van der Waals surface area contributed by atoms with Gasteiger partial charge in [0.1, 0.15) is 18.2 Å². The summed E-state index contributed by atoms with van der Waals surface area (Å²) >= 11 is 0. The summed E-state index contributed by atoms with van der Waals surface area (Å²) in [6.45, 7) is 8.59. The minimum Gasteiger partial charge on any atom is -0.444 e. The van der Waals surface area contributed by atoms with Crippen molar-refractivity contribution in [1.29, 1.82) is 0 Å². The van der Waals surface area contributed by atoms with Gasteiger partial charge in [-0.2, -0.15) is 0 Å². The Hall–Kier alpha value is -4.57. The van der Waals surface area contributed by atoms with E-state index in [1.54, 1.807) is 51.1 Å². The van der Waals surface area contributed by atoms with Crippen molar-refractivity contribution >= 4 is 34.4 Å². The molecule has 0 saturated heterocycles. The molecule has 1 unspecified atom stereocenters. The highest BCUT2D eigenvalue weighted by Crippen LogP contribution is 2.27. The van der Waals surface area contributed by atoms with Crippen molar-refractivity contribution in [3.63, 3.8) is 0 Å². The topological polar surface area (TPSA) is 87.7 Å². The van der Waals surface area contributed by atoms with Crippen LogP contribution in [0.5, 0.6) is 0 Å². The fourth-order valence-corrected chi connectivity index (χ4v) is 3.85. The number of nitrogens with one attached hydrogen (secondary N) is 2. The van der Waals surface area contributed by atoms with Gasteiger partial charge in [-0.25, -0.2) is 4.79 Å². The van der Waals surface area contributed by atoms with E-state index < -0.39 is 29.6 Å². The van der Waals surface area contributed by atoms with E-state index in [-0.39, 0.29) is 13.1 Å². The molecule has 0 bridgehead atoms. The Kier molecular flexibility index (Phi) is 8.70. The van der Waals surface area contributed by atoms with Crippen LogP contribution < -0.4 is 10.6 Å². The Labute approximate surface area is 217 Å². The maximum absolute atomic E-state index is 13.7. The molecule has 3 rings (SSSR count). The zero-order valence-electron chi connectivity index (χ0n) is 21.3. The molecule has 190 valence electrons. The van der Waals surface area contributed by atoms with Gasteiger partial charge in [-0.05, 0) is 55.3 Å². The Morgan fingerprint density at radius 2 is 1.73 bits per heavy atom. The van der Waals surface area contributed by atoms with Crippen LogP contribution in [0, 0.1) is 12.3 Å². The molecule has 37 heavy (non-hydrogen) atoms. The molecule has 7 nitrogen and oxygen atoms in total. The number of ether oxygens (including phenoxy) is 1. The highest BCUT2D eigenvalue weighted by Gasteiger charge is 2.32. The zero-order chi connectivity index (χ0) is 27.0. The van der Waals surface area contributed by atoms with E-state index in [0.717, 1.165) is 10.8 Å². The van der Waals surface area contributed by atoms with Crippen LogP contribution in [-0.2, 0) is 14.3 Å². The molecular weight excluding hydrogens is 466 g/mol. The molecule has 1 atom stereocenters. The number of hydrogen-bond donors (Lipinski definition) is 2. The number of alkyl carbamates (subject to hydrolysis) is 1. The number of hydrogen-bond acceptors (Lipinski definition) is 4. The molecule has 0 fully saturated rings. The maximum atomic E-state index is 13.7. The number of benzene rings is 3. The van der Waals surface area contributed by atoms with Crippen LogP contribution in [0.25, 0.3) is 10.8 Å². The smallest absolute Gasteiger partial charge is 0.408 e. The molecule has 0 heterocycles. The van der Waals surface area contributed by atoms with Crippen molar-refractivity contribution in [2.75, 3.05) is 18.4 Å². The van der Waals surface area contributed by atoms with Gasteiger partial charge in [-0.3, -0.25) is 9.59 Å². The van der Waals surface area contributed by atoms with E-state index in [0.29, 0.717) is 16.8 Å². The van der Waals surface area contributed by atoms with Gasteiger partial charge in [0.25, 0.3) is 5.91 Å². The maximum Gasteiger partial charge on any atom is 0.408 e. The molecule has 0 aliphatic heterocycles. The predicted molar refractivity (Wildman–Crippen MR) is 146 cm³/mol. The van der Waals surface area contributed by atoms with Crippen LogP contribution in [0.2, 0.25) is 0 Å². The van der Waals surface area contributed by atoms with Crippen molar-refractivity contribution in [3.8, 4) is 12.3 Å². The molecule has 7 heteroatoms.